The van der Waals surface area contributed by atoms with Crippen molar-refractivity contribution in [2.24, 2.45) is 0 Å². The Balaban J connectivity index is 1.74. The summed E-state index contributed by atoms with van der Waals surface area (Å²) in [5.41, 5.74) is 0.984. The second-order valence-corrected chi connectivity index (χ2v) is 8.74. The Morgan fingerprint density at radius 2 is 1.73 bits per heavy atom. The molecule has 3 aromatic rings. The van der Waals surface area contributed by atoms with Crippen LogP contribution in [0.3, 0.4) is 0 Å². The van der Waals surface area contributed by atoms with Crippen LogP contribution in [0.25, 0.3) is 0 Å². The first-order chi connectivity index (χ1) is 16.0. The van der Waals surface area contributed by atoms with Crippen LogP contribution in [0.5, 0.6) is 0 Å². The zero-order chi connectivity index (χ0) is 23.4. The van der Waals surface area contributed by atoms with E-state index in [4.69, 9.17) is 11.6 Å². The predicted octanol–water partition coefficient (Wildman–Crippen LogP) is 5.54. The molecule has 1 saturated heterocycles. The number of carbonyl (C=O) groups excluding carboxylic acids is 2. The van der Waals surface area contributed by atoms with Gasteiger partial charge in [-0.15, -0.1) is 0 Å². The van der Waals surface area contributed by atoms with E-state index in [1.165, 1.54) is 23.1 Å². The molecule has 4 rings (SSSR count). The fourth-order valence-corrected chi connectivity index (χ4v) is 4.92. The van der Waals surface area contributed by atoms with Gasteiger partial charge in [-0.1, -0.05) is 71.9 Å². The number of rotatable bonds is 5. The molecule has 8 heteroatoms. The Morgan fingerprint density at radius 3 is 2.42 bits per heavy atom. The molecule has 164 valence electrons. The van der Waals surface area contributed by atoms with E-state index in [-0.39, 0.29) is 22.2 Å². The zero-order valence-electron chi connectivity index (χ0n) is 17.2. The smallest absolute Gasteiger partial charge is 0.269 e. The van der Waals surface area contributed by atoms with Crippen molar-refractivity contribution < 1.29 is 14.0 Å². The SMILES string of the molecule is N#C/C(C(=O)Nc1ccccc1F)=C1\S[C@@H](Cc2ccccc2Cl)C(=O)N1c1ccccc1. The van der Waals surface area contributed by atoms with Crippen LogP contribution >= 0.6 is 23.4 Å². The normalized spacial score (nSPS) is 16.9. The van der Waals surface area contributed by atoms with Gasteiger partial charge in [0.05, 0.1) is 10.9 Å². The maximum absolute atomic E-state index is 14.0. The van der Waals surface area contributed by atoms with E-state index >= 15 is 0 Å². The quantitative estimate of drug-likeness (QED) is 0.386. The number of carbonyl (C=O) groups is 2. The molecule has 0 radical (unpaired) electrons. The van der Waals surface area contributed by atoms with E-state index in [2.05, 4.69) is 5.32 Å². The summed E-state index contributed by atoms with van der Waals surface area (Å²) in [6.07, 6.45) is 0.323. The van der Waals surface area contributed by atoms with Crippen LogP contribution in [0.4, 0.5) is 15.8 Å². The van der Waals surface area contributed by atoms with Gasteiger partial charge in [0, 0.05) is 10.7 Å². The van der Waals surface area contributed by atoms with Crippen LogP contribution < -0.4 is 10.2 Å². The number of benzene rings is 3. The fraction of sp³-hybridized carbons (Fsp3) is 0.0800. The number of nitrogens with zero attached hydrogens (tertiary/aromatic N) is 2. The minimum Gasteiger partial charge on any atom is -0.319 e. The summed E-state index contributed by atoms with van der Waals surface area (Å²) in [7, 11) is 0. The van der Waals surface area contributed by atoms with Crippen molar-refractivity contribution >= 4 is 46.6 Å². The highest BCUT2D eigenvalue weighted by Crippen LogP contribution is 2.42. The Kier molecular flexibility index (Phi) is 6.78. The molecule has 1 heterocycles. The molecule has 2 amide bonds. The van der Waals surface area contributed by atoms with Crippen LogP contribution in [-0.4, -0.2) is 17.1 Å². The van der Waals surface area contributed by atoms with Crippen molar-refractivity contribution in [3.05, 3.63) is 106 Å². The van der Waals surface area contributed by atoms with Crippen molar-refractivity contribution in [1.82, 2.24) is 0 Å². The Bertz CT molecular complexity index is 1290. The van der Waals surface area contributed by atoms with Crippen LogP contribution in [-0.2, 0) is 16.0 Å². The second-order valence-electron chi connectivity index (χ2n) is 7.14. The number of amides is 2. The van der Waals surface area contributed by atoms with E-state index in [0.717, 1.165) is 17.3 Å². The molecule has 0 bridgehead atoms. The van der Waals surface area contributed by atoms with Crippen LogP contribution in [0.1, 0.15) is 5.56 Å². The van der Waals surface area contributed by atoms with E-state index in [9.17, 15) is 19.2 Å². The van der Waals surface area contributed by atoms with Gasteiger partial charge in [-0.05, 0) is 42.3 Å². The maximum atomic E-state index is 14.0. The fourth-order valence-electron chi connectivity index (χ4n) is 3.41. The summed E-state index contributed by atoms with van der Waals surface area (Å²) < 4.78 is 14.0. The molecule has 0 aliphatic carbocycles. The van der Waals surface area contributed by atoms with Gasteiger partial charge in [-0.25, -0.2) is 4.39 Å². The Morgan fingerprint density at radius 1 is 1.06 bits per heavy atom. The average molecular weight is 478 g/mol. The highest BCUT2D eigenvalue weighted by Gasteiger charge is 2.41. The van der Waals surface area contributed by atoms with Crippen molar-refractivity contribution in [1.29, 1.82) is 5.26 Å². The van der Waals surface area contributed by atoms with Crippen molar-refractivity contribution in [3.63, 3.8) is 0 Å². The lowest BCUT2D eigenvalue weighted by Gasteiger charge is -2.18. The van der Waals surface area contributed by atoms with Gasteiger partial charge in [0.1, 0.15) is 22.5 Å². The number of thioether (sulfide) groups is 1. The summed E-state index contributed by atoms with van der Waals surface area (Å²) >= 11 is 7.41. The van der Waals surface area contributed by atoms with Crippen molar-refractivity contribution in [3.8, 4) is 6.07 Å². The number of nitriles is 1. The maximum Gasteiger partial charge on any atom is 0.269 e. The molecule has 0 unspecified atom stereocenters. The third-order valence-corrected chi connectivity index (χ3v) is 6.64. The third-order valence-electron chi connectivity index (χ3n) is 5.01. The largest absolute Gasteiger partial charge is 0.319 e. The molecule has 1 fully saturated rings. The summed E-state index contributed by atoms with van der Waals surface area (Å²) in [6.45, 7) is 0. The minimum absolute atomic E-state index is 0.0518. The number of nitrogens with one attached hydrogen (secondary N) is 1. The third kappa shape index (κ3) is 4.77. The van der Waals surface area contributed by atoms with E-state index < -0.39 is 17.0 Å². The summed E-state index contributed by atoms with van der Waals surface area (Å²) in [5.74, 6) is -1.69. The van der Waals surface area contributed by atoms with Crippen LogP contribution in [0, 0.1) is 17.1 Å². The van der Waals surface area contributed by atoms with Crippen molar-refractivity contribution in [2.75, 3.05) is 10.2 Å². The Labute approximate surface area is 199 Å². The second kappa shape index (κ2) is 9.90. The van der Waals surface area contributed by atoms with Crippen LogP contribution in [0.2, 0.25) is 5.02 Å². The zero-order valence-corrected chi connectivity index (χ0v) is 18.7. The van der Waals surface area contributed by atoms with E-state index in [1.807, 2.05) is 18.2 Å². The summed E-state index contributed by atoms with van der Waals surface area (Å²) in [4.78, 5) is 27.7. The monoisotopic (exact) mass is 477 g/mol. The van der Waals surface area contributed by atoms with Gasteiger partial charge in [-0.2, -0.15) is 5.26 Å². The van der Waals surface area contributed by atoms with Gasteiger partial charge < -0.3 is 5.32 Å². The molecule has 3 aromatic carbocycles. The van der Waals surface area contributed by atoms with Gasteiger partial charge in [0.25, 0.3) is 5.91 Å². The minimum atomic E-state index is -0.794. The number of anilines is 2. The number of hydrogen-bond donors (Lipinski definition) is 1. The molecular weight excluding hydrogens is 461 g/mol. The standard InChI is InChI=1S/C25H17ClFN3O2S/c26-19-11-5-4-8-16(19)14-22-24(32)30(17-9-2-1-3-10-17)25(33-22)18(15-28)23(31)29-21-13-7-6-12-20(21)27/h1-13,22H,14H2,(H,29,31)/b25-18+/t22-/m0/s1. The first-order valence-electron chi connectivity index (χ1n) is 9.99. The summed E-state index contributed by atoms with van der Waals surface area (Å²) in [6, 6.07) is 23.6. The lowest BCUT2D eigenvalue weighted by atomic mass is 10.1. The van der Waals surface area contributed by atoms with Gasteiger partial charge in [0.15, 0.2) is 0 Å². The van der Waals surface area contributed by atoms with E-state index in [1.54, 1.807) is 48.5 Å². The molecule has 1 aliphatic rings. The topological polar surface area (TPSA) is 73.2 Å². The number of para-hydroxylation sites is 2. The highest BCUT2D eigenvalue weighted by atomic mass is 35.5. The van der Waals surface area contributed by atoms with Gasteiger partial charge >= 0.3 is 0 Å². The first kappa shape index (κ1) is 22.6. The average Bonchev–Trinajstić information content (AvgIpc) is 3.13. The van der Waals surface area contributed by atoms with Crippen molar-refractivity contribution in [2.45, 2.75) is 11.7 Å². The predicted molar refractivity (Wildman–Crippen MR) is 128 cm³/mol. The molecule has 1 aliphatic heterocycles. The highest BCUT2D eigenvalue weighted by molar-refractivity contribution is 8.05. The number of hydrogen-bond acceptors (Lipinski definition) is 4. The van der Waals surface area contributed by atoms with Crippen LogP contribution in [0.15, 0.2) is 89.5 Å². The van der Waals surface area contributed by atoms with Gasteiger partial charge in [-0.3, -0.25) is 14.5 Å². The lowest BCUT2D eigenvalue weighted by Crippen LogP contribution is -2.31. The lowest BCUT2D eigenvalue weighted by molar-refractivity contribution is -0.117. The van der Waals surface area contributed by atoms with E-state index in [0.29, 0.717) is 17.1 Å². The molecular formula is C25H17ClFN3O2S. The first-order valence-corrected chi connectivity index (χ1v) is 11.2. The molecule has 0 aromatic heterocycles. The molecule has 0 spiro atoms. The summed E-state index contributed by atoms with van der Waals surface area (Å²) in [5, 5.41) is 12.4. The molecule has 1 N–H and O–H groups in total. The molecule has 0 saturated carbocycles. The number of halogens is 2. The molecule has 33 heavy (non-hydrogen) atoms. The molecule has 1 atom stereocenters. The molecule has 5 nitrogen and oxygen atoms in total. The Hall–Kier alpha value is -3.60. The van der Waals surface area contributed by atoms with Gasteiger partial charge in [0.2, 0.25) is 5.91 Å².